The molecule has 0 unspecified atom stereocenters. The van der Waals surface area contributed by atoms with E-state index in [1.165, 1.54) is 17.3 Å². The summed E-state index contributed by atoms with van der Waals surface area (Å²) in [5.74, 6) is -0.368. The van der Waals surface area contributed by atoms with Crippen LogP contribution in [0.2, 0.25) is 0 Å². The minimum Gasteiger partial charge on any atom is -0.327 e. The first-order valence-electron chi connectivity index (χ1n) is 5.25. The van der Waals surface area contributed by atoms with Gasteiger partial charge in [0.15, 0.2) is 6.17 Å². The number of nitrogens with zero attached hydrogens (tertiary/aromatic N) is 3. The molecule has 1 heterocycles. The van der Waals surface area contributed by atoms with Gasteiger partial charge in [0, 0.05) is 5.56 Å². The number of carbonyl (C=O) groups is 1. The van der Waals surface area contributed by atoms with Gasteiger partial charge >= 0.3 is 0 Å². The van der Waals surface area contributed by atoms with E-state index in [0.717, 1.165) is 0 Å². The number of hydrogen-bond acceptors (Lipinski definition) is 3. The first-order chi connectivity index (χ1) is 8.98. The van der Waals surface area contributed by atoms with Crippen molar-refractivity contribution in [1.82, 2.24) is 20.1 Å². The molecule has 100 valence electrons. The van der Waals surface area contributed by atoms with Crippen LogP contribution in [0.5, 0.6) is 0 Å². The molecule has 0 spiro atoms. The Labute approximate surface area is 124 Å². The van der Waals surface area contributed by atoms with Gasteiger partial charge in [0.25, 0.3) is 5.91 Å². The highest BCUT2D eigenvalue weighted by atomic mass is 35.6. The van der Waals surface area contributed by atoms with E-state index in [1.54, 1.807) is 30.3 Å². The molecule has 0 bridgehead atoms. The first kappa shape index (κ1) is 14.1. The summed E-state index contributed by atoms with van der Waals surface area (Å²) < 4.78 is -0.480. The normalized spacial score (nSPS) is 13.0. The predicted octanol–water partition coefficient (Wildman–Crippen LogP) is 2.58. The number of halogens is 3. The lowest BCUT2D eigenvalue weighted by atomic mass is 10.2. The highest BCUT2D eigenvalue weighted by Gasteiger charge is 2.36. The highest BCUT2D eigenvalue weighted by molar-refractivity contribution is 6.67. The Balaban J connectivity index is 2.21. The molecule has 0 radical (unpaired) electrons. The van der Waals surface area contributed by atoms with Crippen LogP contribution in [0.1, 0.15) is 16.5 Å². The number of aromatic nitrogens is 3. The number of amides is 1. The third-order valence-corrected chi connectivity index (χ3v) is 2.94. The van der Waals surface area contributed by atoms with Crippen molar-refractivity contribution in [3.63, 3.8) is 0 Å². The molecule has 1 atom stereocenters. The third-order valence-electron chi connectivity index (χ3n) is 2.31. The Morgan fingerprint density at radius 1 is 1.26 bits per heavy atom. The van der Waals surface area contributed by atoms with Gasteiger partial charge < -0.3 is 5.32 Å². The molecular weight excluding hydrogens is 311 g/mol. The minimum atomic E-state index is -1.75. The van der Waals surface area contributed by atoms with Crippen LogP contribution in [0, 0.1) is 0 Å². The van der Waals surface area contributed by atoms with E-state index >= 15 is 0 Å². The summed E-state index contributed by atoms with van der Waals surface area (Å²) in [7, 11) is 0. The van der Waals surface area contributed by atoms with Crippen molar-refractivity contribution in [2.75, 3.05) is 0 Å². The minimum absolute atomic E-state index is 0.368. The molecule has 1 N–H and O–H groups in total. The van der Waals surface area contributed by atoms with Crippen LogP contribution in [0.4, 0.5) is 0 Å². The zero-order valence-electron chi connectivity index (χ0n) is 9.50. The van der Waals surface area contributed by atoms with Crippen molar-refractivity contribution < 1.29 is 4.79 Å². The number of hydrogen-bond donors (Lipinski definition) is 1. The number of nitrogens with one attached hydrogen (secondary N) is 1. The van der Waals surface area contributed by atoms with E-state index in [-0.39, 0.29) is 5.91 Å². The summed E-state index contributed by atoms with van der Waals surface area (Å²) in [6, 6.07) is 8.61. The molecule has 0 aliphatic rings. The van der Waals surface area contributed by atoms with Crippen LogP contribution in [0.3, 0.4) is 0 Å². The van der Waals surface area contributed by atoms with Crippen LogP contribution >= 0.6 is 34.8 Å². The molecule has 2 aromatic rings. The van der Waals surface area contributed by atoms with Gasteiger partial charge in [-0.15, -0.1) is 0 Å². The van der Waals surface area contributed by atoms with Gasteiger partial charge in [0.05, 0.1) is 0 Å². The molecule has 0 saturated heterocycles. The molecule has 0 fully saturated rings. The van der Waals surface area contributed by atoms with Crippen molar-refractivity contribution in [3.8, 4) is 0 Å². The summed E-state index contributed by atoms with van der Waals surface area (Å²) in [5, 5.41) is 6.47. The highest BCUT2D eigenvalue weighted by Crippen LogP contribution is 2.36. The van der Waals surface area contributed by atoms with Crippen molar-refractivity contribution >= 4 is 40.7 Å². The van der Waals surface area contributed by atoms with Crippen LogP contribution in [-0.2, 0) is 0 Å². The van der Waals surface area contributed by atoms with Crippen molar-refractivity contribution in [2.24, 2.45) is 0 Å². The molecule has 8 heteroatoms. The largest absolute Gasteiger partial charge is 0.327 e. The molecule has 5 nitrogen and oxygen atoms in total. The zero-order valence-corrected chi connectivity index (χ0v) is 11.8. The predicted molar refractivity (Wildman–Crippen MR) is 73.3 cm³/mol. The van der Waals surface area contributed by atoms with Gasteiger partial charge in [-0.2, -0.15) is 5.10 Å². The lowest BCUT2D eigenvalue weighted by Crippen LogP contribution is -2.40. The Morgan fingerprint density at radius 3 is 2.47 bits per heavy atom. The van der Waals surface area contributed by atoms with Crippen LogP contribution < -0.4 is 5.32 Å². The second-order valence-corrected chi connectivity index (χ2v) is 6.03. The molecule has 0 aliphatic carbocycles. The van der Waals surface area contributed by atoms with E-state index in [1.807, 2.05) is 0 Å². The second-order valence-electron chi connectivity index (χ2n) is 3.66. The topological polar surface area (TPSA) is 59.8 Å². The number of rotatable bonds is 3. The lowest BCUT2D eigenvalue weighted by molar-refractivity contribution is 0.0916. The third kappa shape index (κ3) is 3.59. The van der Waals surface area contributed by atoms with Gasteiger partial charge in [-0.1, -0.05) is 53.0 Å². The van der Waals surface area contributed by atoms with Gasteiger partial charge in [-0.3, -0.25) is 4.79 Å². The van der Waals surface area contributed by atoms with Crippen LogP contribution in [0.25, 0.3) is 0 Å². The smallest absolute Gasteiger partial charge is 0.253 e. The zero-order chi connectivity index (χ0) is 13.9. The maximum absolute atomic E-state index is 12.0. The fraction of sp³-hybridized carbons (Fsp3) is 0.182. The Kier molecular flexibility index (Phi) is 4.29. The van der Waals surface area contributed by atoms with Crippen molar-refractivity contribution in [2.45, 2.75) is 9.96 Å². The second kappa shape index (κ2) is 5.77. The van der Waals surface area contributed by atoms with Gasteiger partial charge in [-0.05, 0) is 12.1 Å². The molecule has 1 aromatic heterocycles. The molecular formula is C11H9Cl3N4O. The van der Waals surface area contributed by atoms with Crippen LogP contribution in [0.15, 0.2) is 43.0 Å². The van der Waals surface area contributed by atoms with Gasteiger partial charge in [0.2, 0.25) is 3.79 Å². The van der Waals surface area contributed by atoms with E-state index in [0.29, 0.717) is 5.56 Å². The fourth-order valence-electron chi connectivity index (χ4n) is 1.45. The Morgan fingerprint density at radius 2 is 1.95 bits per heavy atom. The fourth-order valence-corrected chi connectivity index (χ4v) is 1.91. The van der Waals surface area contributed by atoms with E-state index < -0.39 is 9.96 Å². The summed E-state index contributed by atoms with van der Waals surface area (Å²) >= 11 is 17.5. The summed E-state index contributed by atoms with van der Waals surface area (Å²) in [5.41, 5.74) is 0.460. The summed E-state index contributed by atoms with van der Waals surface area (Å²) in [4.78, 5) is 15.8. The number of alkyl halides is 3. The molecule has 19 heavy (non-hydrogen) atoms. The van der Waals surface area contributed by atoms with Gasteiger partial charge in [0.1, 0.15) is 12.7 Å². The average Bonchev–Trinajstić information content (AvgIpc) is 2.88. The maximum atomic E-state index is 12.0. The molecule has 1 aromatic carbocycles. The SMILES string of the molecule is O=C(N[C@H](n1cncn1)C(Cl)(Cl)Cl)c1ccccc1. The Bertz CT molecular complexity index is 539. The van der Waals surface area contributed by atoms with Crippen LogP contribution in [-0.4, -0.2) is 24.5 Å². The van der Waals surface area contributed by atoms with Gasteiger partial charge in [-0.25, -0.2) is 9.67 Å². The summed E-state index contributed by atoms with van der Waals surface area (Å²) in [6.07, 6.45) is 1.70. The van der Waals surface area contributed by atoms with Crippen molar-refractivity contribution in [3.05, 3.63) is 48.5 Å². The van der Waals surface area contributed by atoms with E-state index in [4.69, 9.17) is 34.8 Å². The summed E-state index contributed by atoms with van der Waals surface area (Å²) in [6.45, 7) is 0. The average molecular weight is 320 g/mol. The van der Waals surface area contributed by atoms with E-state index in [9.17, 15) is 4.79 Å². The lowest BCUT2D eigenvalue weighted by Gasteiger charge is -2.25. The molecule has 1 amide bonds. The molecule has 0 saturated carbocycles. The number of carbonyl (C=O) groups excluding carboxylic acids is 1. The quantitative estimate of drug-likeness (QED) is 0.885. The first-order valence-corrected chi connectivity index (χ1v) is 6.38. The standard InChI is InChI=1S/C11H9Cl3N4O/c12-11(13,14)10(18-7-15-6-16-18)17-9(19)8-4-2-1-3-5-8/h1-7,10H,(H,17,19)/t10-/m1/s1. The number of benzene rings is 1. The van der Waals surface area contributed by atoms with E-state index in [2.05, 4.69) is 15.4 Å². The monoisotopic (exact) mass is 318 g/mol. The van der Waals surface area contributed by atoms with Crippen molar-refractivity contribution in [1.29, 1.82) is 0 Å². The Hall–Kier alpha value is -1.30. The molecule has 2 rings (SSSR count). The maximum Gasteiger partial charge on any atom is 0.253 e. The molecule has 0 aliphatic heterocycles.